The summed E-state index contributed by atoms with van der Waals surface area (Å²) in [7, 11) is 0. The van der Waals surface area contributed by atoms with Crippen molar-refractivity contribution >= 4 is 5.57 Å². The molecule has 0 unspecified atom stereocenters. The lowest BCUT2D eigenvalue weighted by atomic mass is 9.93. The molecule has 0 N–H and O–H groups in total. The maximum absolute atomic E-state index is 3.47. The number of hydrogen-bond donors (Lipinski definition) is 0. The molecular weight excluding hydrogens is 264 g/mol. The zero-order valence-corrected chi connectivity index (χ0v) is 13.2. The molecular formula is C22H21. The minimum atomic E-state index is 0.667. The van der Waals surface area contributed by atoms with Crippen molar-refractivity contribution in [1.29, 1.82) is 0 Å². The highest BCUT2D eigenvalue weighted by atomic mass is 14.2. The molecule has 2 aromatic carbocycles. The smallest absolute Gasteiger partial charge is 0.00325 e. The molecule has 1 aliphatic rings. The molecule has 0 atom stereocenters. The fraction of sp³-hybridized carbons (Fsp3) is 0.182. The molecule has 0 saturated carbocycles. The molecule has 2 aromatic rings. The first-order valence-electron chi connectivity index (χ1n) is 7.89. The quantitative estimate of drug-likeness (QED) is 0.662. The standard InChI is InChI=1S/C22H21/c1-17(2)15-18-13-14-21(16-18)22(19-9-5-3-6-10-19)20-11-7-4-8-12-20/h3-13,16-17H,15H2,1-2H3. The van der Waals surface area contributed by atoms with Gasteiger partial charge in [0.15, 0.2) is 0 Å². The van der Waals surface area contributed by atoms with E-state index in [0.29, 0.717) is 5.92 Å². The van der Waals surface area contributed by atoms with Gasteiger partial charge in [-0.3, -0.25) is 0 Å². The molecule has 3 rings (SSSR count). The second-order valence-electron chi connectivity index (χ2n) is 6.13. The zero-order valence-electron chi connectivity index (χ0n) is 13.2. The third-order valence-corrected chi connectivity index (χ3v) is 3.78. The summed E-state index contributed by atoms with van der Waals surface area (Å²) in [5.74, 6) is 0.667. The van der Waals surface area contributed by atoms with E-state index in [2.05, 4.69) is 92.7 Å². The Morgan fingerprint density at radius 3 is 1.91 bits per heavy atom. The molecule has 0 nitrogen and oxygen atoms in total. The first-order valence-corrected chi connectivity index (χ1v) is 7.89. The summed E-state index contributed by atoms with van der Waals surface area (Å²) in [4.78, 5) is 0. The average Bonchev–Trinajstić information content (AvgIpc) is 2.97. The second-order valence-corrected chi connectivity index (χ2v) is 6.13. The third kappa shape index (κ3) is 3.28. The third-order valence-electron chi connectivity index (χ3n) is 3.78. The highest BCUT2D eigenvalue weighted by Crippen LogP contribution is 2.32. The first kappa shape index (κ1) is 14.6. The highest BCUT2D eigenvalue weighted by molar-refractivity contribution is 5.85. The predicted octanol–water partition coefficient (Wildman–Crippen LogP) is 5.83. The molecule has 0 heteroatoms. The van der Waals surface area contributed by atoms with E-state index in [1.54, 1.807) is 0 Å². The van der Waals surface area contributed by atoms with Crippen molar-refractivity contribution in [3.05, 3.63) is 101 Å². The number of rotatable bonds is 4. The van der Waals surface area contributed by atoms with Crippen LogP contribution in [0.1, 0.15) is 31.4 Å². The van der Waals surface area contributed by atoms with Crippen LogP contribution < -0.4 is 0 Å². The zero-order chi connectivity index (χ0) is 15.4. The summed E-state index contributed by atoms with van der Waals surface area (Å²) in [6.45, 7) is 4.51. The Morgan fingerprint density at radius 2 is 1.41 bits per heavy atom. The molecule has 109 valence electrons. The molecule has 1 radical (unpaired) electrons. The summed E-state index contributed by atoms with van der Waals surface area (Å²) in [5, 5.41) is 0. The van der Waals surface area contributed by atoms with Gasteiger partial charge in [-0.05, 0) is 46.3 Å². The van der Waals surface area contributed by atoms with Crippen molar-refractivity contribution in [2.75, 3.05) is 0 Å². The van der Waals surface area contributed by atoms with E-state index in [-0.39, 0.29) is 0 Å². The lowest BCUT2D eigenvalue weighted by Gasteiger charge is -2.11. The predicted molar refractivity (Wildman–Crippen MR) is 94.3 cm³/mol. The van der Waals surface area contributed by atoms with E-state index in [9.17, 15) is 0 Å². The minimum Gasteiger partial charge on any atom is -0.0625 e. The van der Waals surface area contributed by atoms with Crippen molar-refractivity contribution in [3.63, 3.8) is 0 Å². The highest BCUT2D eigenvalue weighted by Gasteiger charge is 2.13. The Kier molecular flexibility index (Phi) is 4.39. The van der Waals surface area contributed by atoms with Gasteiger partial charge < -0.3 is 0 Å². The van der Waals surface area contributed by atoms with Gasteiger partial charge in [0.1, 0.15) is 0 Å². The van der Waals surface area contributed by atoms with Gasteiger partial charge in [-0.25, -0.2) is 0 Å². The van der Waals surface area contributed by atoms with E-state index >= 15 is 0 Å². The largest absolute Gasteiger partial charge is 0.0625 e. The average molecular weight is 285 g/mol. The fourth-order valence-corrected chi connectivity index (χ4v) is 2.86. The van der Waals surface area contributed by atoms with Crippen LogP contribution in [0.3, 0.4) is 0 Å². The number of benzene rings is 2. The van der Waals surface area contributed by atoms with E-state index in [4.69, 9.17) is 0 Å². The van der Waals surface area contributed by atoms with Gasteiger partial charge in [-0.15, -0.1) is 0 Å². The summed E-state index contributed by atoms with van der Waals surface area (Å²) < 4.78 is 0. The molecule has 0 heterocycles. The monoisotopic (exact) mass is 285 g/mol. The Labute approximate surface area is 133 Å². The van der Waals surface area contributed by atoms with E-state index < -0.39 is 0 Å². The van der Waals surface area contributed by atoms with Crippen molar-refractivity contribution in [2.24, 2.45) is 5.92 Å². The Balaban J connectivity index is 2.10. The van der Waals surface area contributed by atoms with Gasteiger partial charge in [0, 0.05) is 0 Å². The maximum atomic E-state index is 3.47. The van der Waals surface area contributed by atoms with Crippen LogP contribution in [-0.2, 0) is 0 Å². The lowest BCUT2D eigenvalue weighted by molar-refractivity contribution is 0.651. The van der Waals surface area contributed by atoms with E-state index in [1.165, 1.54) is 27.8 Å². The molecule has 0 bridgehead atoms. The summed E-state index contributed by atoms with van der Waals surface area (Å²) >= 11 is 0. The Hall–Kier alpha value is -2.34. The maximum Gasteiger partial charge on any atom is -0.00325 e. The normalized spacial score (nSPS) is 13.6. The van der Waals surface area contributed by atoms with Crippen molar-refractivity contribution in [1.82, 2.24) is 0 Å². The number of hydrogen-bond acceptors (Lipinski definition) is 0. The topological polar surface area (TPSA) is 0 Å². The van der Waals surface area contributed by atoms with Gasteiger partial charge in [0.05, 0.1) is 0 Å². The Bertz CT molecular complexity index is 672. The van der Waals surface area contributed by atoms with Crippen molar-refractivity contribution in [3.8, 4) is 0 Å². The fourth-order valence-electron chi connectivity index (χ4n) is 2.86. The summed E-state index contributed by atoms with van der Waals surface area (Å²) in [5.41, 5.74) is 6.30. The van der Waals surface area contributed by atoms with Crippen molar-refractivity contribution in [2.45, 2.75) is 20.3 Å². The molecule has 0 spiro atoms. The summed E-state index contributed by atoms with van der Waals surface area (Å²) in [6.07, 6.45) is 9.00. The summed E-state index contributed by atoms with van der Waals surface area (Å²) in [6, 6.07) is 21.2. The van der Waals surface area contributed by atoms with Crippen LogP contribution >= 0.6 is 0 Å². The van der Waals surface area contributed by atoms with Gasteiger partial charge in [0.2, 0.25) is 0 Å². The SMILES string of the molecule is CC(C)CC1=CC(=C(c2ccccc2)c2ccccc2)[C]=C1. The van der Waals surface area contributed by atoms with Crippen LogP contribution in [0.5, 0.6) is 0 Å². The lowest BCUT2D eigenvalue weighted by Crippen LogP contribution is -1.91. The van der Waals surface area contributed by atoms with Gasteiger partial charge >= 0.3 is 0 Å². The minimum absolute atomic E-state index is 0.667. The van der Waals surface area contributed by atoms with E-state index in [0.717, 1.165) is 6.42 Å². The van der Waals surface area contributed by atoms with Crippen LogP contribution in [0.2, 0.25) is 0 Å². The van der Waals surface area contributed by atoms with E-state index in [1.807, 2.05) is 0 Å². The number of allylic oxidation sites excluding steroid dienone is 5. The molecule has 0 aliphatic heterocycles. The molecule has 1 aliphatic carbocycles. The van der Waals surface area contributed by atoms with Crippen LogP contribution in [0.25, 0.3) is 5.57 Å². The van der Waals surface area contributed by atoms with Crippen LogP contribution in [-0.4, -0.2) is 0 Å². The molecule has 0 amide bonds. The van der Waals surface area contributed by atoms with Gasteiger partial charge in [0.25, 0.3) is 0 Å². The van der Waals surface area contributed by atoms with Gasteiger partial charge in [-0.1, -0.05) is 86.7 Å². The Morgan fingerprint density at radius 1 is 0.864 bits per heavy atom. The van der Waals surface area contributed by atoms with Crippen LogP contribution in [0.4, 0.5) is 0 Å². The van der Waals surface area contributed by atoms with Gasteiger partial charge in [-0.2, -0.15) is 0 Å². The molecule has 0 aromatic heterocycles. The molecule has 0 saturated heterocycles. The van der Waals surface area contributed by atoms with Crippen LogP contribution in [0.15, 0.2) is 84.0 Å². The second kappa shape index (κ2) is 6.62. The van der Waals surface area contributed by atoms with Crippen LogP contribution in [0, 0.1) is 12.0 Å². The van der Waals surface area contributed by atoms with Crippen molar-refractivity contribution < 1.29 is 0 Å². The molecule has 22 heavy (non-hydrogen) atoms. The molecule has 0 fully saturated rings. The first-order chi connectivity index (χ1) is 10.7.